The maximum atomic E-state index is 13.0. The number of amides is 1. The molecular formula is C25H34N4O. The third-order valence-electron chi connectivity index (χ3n) is 6.93. The van der Waals surface area contributed by atoms with Gasteiger partial charge in [0.05, 0.1) is 11.5 Å². The summed E-state index contributed by atoms with van der Waals surface area (Å²) in [5, 5.41) is 17.3. The van der Waals surface area contributed by atoms with Crippen LogP contribution >= 0.6 is 0 Å². The largest absolute Gasteiger partial charge is 0.358 e. The minimum Gasteiger partial charge on any atom is -0.358 e. The lowest BCUT2D eigenvalue weighted by Gasteiger charge is -2.32. The Kier molecular flexibility index (Phi) is 6.43. The molecule has 1 heterocycles. The highest BCUT2D eigenvalue weighted by atomic mass is 16.1. The zero-order valence-electron chi connectivity index (χ0n) is 18.1. The summed E-state index contributed by atoms with van der Waals surface area (Å²) >= 11 is 0. The van der Waals surface area contributed by atoms with E-state index in [1.807, 2.05) is 18.2 Å². The van der Waals surface area contributed by atoms with Gasteiger partial charge in [-0.3, -0.25) is 4.79 Å². The Hall–Kier alpha value is -2.32. The molecule has 1 aromatic heterocycles. The number of hydrogen-bond acceptors (Lipinski definition) is 3. The van der Waals surface area contributed by atoms with Crippen molar-refractivity contribution in [1.82, 2.24) is 15.6 Å². The number of benzene rings is 1. The normalized spacial score (nSPS) is 22.5. The minimum absolute atomic E-state index is 0.0224. The smallest absolute Gasteiger partial charge is 0.251 e. The molecular weight excluding hydrogens is 372 g/mol. The monoisotopic (exact) mass is 406 g/mol. The summed E-state index contributed by atoms with van der Waals surface area (Å²) in [6, 6.07) is 10.8. The number of rotatable bonds is 9. The quantitative estimate of drug-likeness (QED) is 0.565. The van der Waals surface area contributed by atoms with Crippen molar-refractivity contribution in [3.05, 3.63) is 35.5 Å². The third-order valence-corrected chi connectivity index (χ3v) is 6.93. The maximum absolute atomic E-state index is 13.0. The van der Waals surface area contributed by atoms with Crippen molar-refractivity contribution < 1.29 is 4.79 Å². The van der Waals surface area contributed by atoms with E-state index >= 15 is 0 Å². The van der Waals surface area contributed by atoms with Crippen molar-refractivity contribution in [3.8, 4) is 6.07 Å². The first kappa shape index (κ1) is 20.9. The number of fused-ring (bicyclic) bond motifs is 1. The van der Waals surface area contributed by atoms with Crippen LogP contribution in [0.2, 0.25) is 0 Å². The predicted octanol–water partition coefficient (Wildman–Crippen LogP) is 4.69. The van der Waals surface area contributed by atoms with Crippen LogP contribution in [0.3, 0.4) is 0 Å². The number of unbranched alkanes of at least 4 members (excludes halogenated alkanes) is 1. The van der Waals surface area contributed by atoms with Crippen LogP contribution in [-0.2, 0) is 6.42 Å². The van der Waals surface area contributed by atoms with E-state index in [0.717, 1.165) is 56.3 Å². The number of aromatic amines is 1. The zero-order valence-corrected chi connectivity index (χ0v) is 18.1. The summed E-state index contributed by atoms with van der Waals surface area (Å²) < 4.78 is 0. The van der Waals surface area contributed by atoms with Gasteiger partial charge in [0.25, 0.3) is 5.91 Å². The Morgan fingerprint density at radius 2 is 2.10 bits per heavy atom. The number of H-pyrrole nitrogens is 1. The number of nitrogens with one attached hydrogen (secondary N) is 3. The fourth-order valence-electron chi connectivity index (χ4n) is 4.70. The van der Waals surface area contributed by atoms with Crippen LogP contribution in [0.5, 0.6) is 0 Å². The molecule has 2 aliphatic carbocycles. The average Bonchev–Trinajstić information content (AvgIpc) is 3.43. The molecule has 3 N–H and O–H groups in total. The Morgan fingerprint density at radius 1 is 1.27 bits per heavy atom. The van der Waals surface area contributed by atoms with E-state index in [4.69, 9.17) is 0 Å². The number of hydrogen-bond donors (Lipinski definition) is 3. The molecule has 0 aliphatic heterocycles. The van der Waals surface area contributed by atoms with Crippen LogP contribution < -0.4 is 10.6 Å². The van der Waals surface area contributed by atoms with Gasteiger partial charge in [0.2, 0.25) is 0 Å². The van der Waals surface area contributed by atoms with Gasteiger partial charge in [-0.15, -0.1) is 0 Å². The van der Waals surface area contributed by atoms with Gasteiger partial charge in [-0.05, 0) is 74.6 Å². The lowest BCUT2D eigenvalue weighted by atomic mass is 9.84. The second kappa shape index (κ2) is 9.22. The van der Waals surface area contributed by atoms with E-state index in [-0.39, 0.29) is 17.4 Å². The summed E-state index contributed by atoms with van der Waals surface area (Å²) in [5.41, 5.74) is 2.90. The van der Waals surface area contributed by atoms with Crippen LogP contribution in [0, 0.1) is 22.7 Å². The van der Waals surface area contributed by atoms with Crippen molar-refractivity contribution >= 4 is 16.8 Å². The highest BCUT2D eigenvalue weighted by Gasteiger charge is 2.42. The summed E-state index contributed by atoms with van der Waals surface area (Å²) in [6.07, 6.45) is 9.99. The summed E-state index contributed by atoms with van der Waals surface area (Å²) in [7, 11) is 0. The first-order valence-electron chi connectivity index (χ1n) is 11.7. The molecule has 2 aliphatic rings. The number of aromatic nitrogens is 1. The van der Waals surface area contributed by atoms with E-state index in [1.54, 1.807) is 0 Å². The van der Waals surface area contributed by atoms with Crippen LogP contribution in [0.25, 0.3) is 10.9 Å². The molecule has 2 fully saturated rings. The number of carbonyl (C=O) groups is 1. The van der Waals surface area contributed by atoms with Gasteiger partial charge < -0.3 is 15.6 Å². The predicted molar refractivity (Wildman–Crippen MR) is 120 cm³/mol. The molecule has 0 saturated heterocycles. The minimum atomic E-state index is -0.116. The molecule has 1 amide bonds. The number of nitrogens with zero attached hydrogens (tertiary/aromatic N) is 1. The van der Waals surface area contributed by atoms with E-state index in [0.29, 0.717) is 5.92 Å². The maximum Gasteiger partial charge on any atom is 0.251 e. The van der Waals surface area contributed by atoms with Gasteiger partial charge in [-0.2, -0.15) is 5.26 Å². The van der Waals surface area contributed by atoms with Crippen molar-refractivity contribution in [2.45, 2.75) is 70.8 Å². The zero-order chi connectivity index (χ0) is 21.0. The molecule has 0 radical (unpaired) electrons. The Morgan fingerprint density at radius 3 is 2.87 bits per heavy atom. The van der Waals surface area contributed by atoms with Crippen molar-refractivity contribution in [2.75, 3.05) is 13.1 Å². The molecule has 160 valence electrons. The topological polar surface area (TPSA) is 80.7 Å². The lowest BCUT2D eigenvalue weighted by molar-refractivity contribution is 0.0905. The van der Waals surface area contributed by atoms with Crippen molar-refractivity contribution in [3.63, 3.8) is 0 Å². The molecule has 0 bridgehead atoms. The molecule has 30 heavy (non-hydrogen) atoms. The molecule has 0 spiro atoms. The first-order chi connectivity index (χ1) is 14.6. The van der Waals surface area contributed by atoms with Gasteiger partial charge >= 0.3 is 0 Å². The van der Waals surface area contributed by atoms with Crippen molar-refractivity contribution in [2.24, 2.45) is 11.3 Å². The third kappa shape index (κ3) is 4.87. The van der Waals surface area contributed by atoms with Gasteiger partial charge in [0, 0.05) is 29.4 Å². The van der Waals surface area contributed by atoms with Crippen LogP contribution in [0.15, 0.2) is 24.3 Å². The summed E-state index contributed by atoms with van der Waals surface area (Å²) in [6.45, 7) is 3.86. The molecule has 2 atom stereocenters. The SMILES string of the molecule is CCCCc1cc2ccc(C(=O)N[C@H]3CCCC[C@@H]3CNCC3(C#N)CC3)cc2[nH]1. The summed E-state index contributed by atoms with van der Waals surface area (Å²) in [4.78, 5) is 16.5. The van der Waals surface area contributed by atoms with E-state index < -0.39 is 0 Å². The van der Waals surface area contributed by atoms with Crippen LogP contribution in [0.4, 0.5) is 0 Å². The molecule has 1 aromatic carbocycles. The van der Waals surface area contributed by atoms with E-state index in [2.05, 4.69) is 34.7 Å². The average molecular weight is 407 g/mol. The summed E-state index contributed by atoms with van der Waals surface area (Å²) in [5.74, 6) is 0.459. The second-order valence-corrected chi connectivity index (χ2v) is 9.35. The lowest BCUT2D eigenvalue weighted by Crippen LogP contribution is -2.46. The van der Waals surface area contributed by atoms with Gasteiger partial charge in [0.1, 0.15) is 0 Å². The standard InChI is InChI=1S/C25H34N4O/c1-2-3-7-21-13-18-9-10-19(14-23(18)28-21)24(30)29-22-8-5-4-6-20(22)15-27-17-25(16-26)11-12-25/h9-10,13-14,20,22,27-28H,2-8,11-12,15,17H2,1H3,(H,29,30)/t20-,22+/m1/s1. The van der Waals surface area contributed by atoms with Gasteiger partial charge in [-0.1, -0.05) is 32.3 Å². The Bertz CT molecular complexity index is 921. The fraction of sp³-hybridized carbons (Fsp3) is 0.600. The molecule has 5 heteroatoms. The molecule has 2 saturated carbocycles. The molecule has 5 nitrogen and oxygen atoms in total. The molecule has 4 rings (SSSR count). The second-order valence-electron chi connectivity index (χ2n) is 9.35. The first-order valence-corrected chi connectivity index (χ1v) is 11.7. The fourth-order valence-corrected chi connectivity index (χ4v) is 4.70. The Balaban J connectivity index is 1.36. The van der Waals surface area contributed by atoms with Crippen LogP contribution in [-0.4, -0.2) is 30.0 Å². The number of nitriles is 1. The van der Waals surface area contributed by atoms with Gasteiger partial charge in [0.15, 0.2) is 0 Å². The van der Waals surface area contributed by atoms with E-state index in [9.17, 15) is 10.1 Å². The highest BCUT2D eigenvalue weighted by Crippen LogP contribution is 2.44. The molecule has 0 unspecified atom stereocenters. The number of carbonyl (C=O) groups excluding carboxylic acids is 1. The highest BCUT2D eigenvalue weighted by molar-refractivity contribution is 5.98. The number of aryl methyl sites for hydroxylation is 1. The Labute approximate surface area is 179 Å². The van der Waals surface area contributed by atoms with Gasteiger partial charge in [-0.25, -0.2) is 0 Å². The van der Waals surface area contributed by atoms with Crippen molar-refractivity contribution in [1.29, 1.82) is 5.26 Å². The molecule has 2 aromatic rings. The van der Waals surface area contributed by atoms with E-state index in [1.165, 1.54) is 36.8 Å². The van der Waals surface area contributed by atoms with Crippen LogP contribution in [0.1, 0.15) is 74.3 Å².